The molecule has 1 aliphatic carbocycles. The van der Waals surface area contributed by atoms with E-state index in [9.17, 15) is 28.5 Å². The van der Waals surface area contributed by atoms with Crippen molar-refractivity contribution in [2.75, 3.05) is 13.7 Å². The van der Waals surface area contributed by atoms with E-state index in [1.54, 1.807) is 6.92 Å². The summed E-state index contributed by atoms with van der Waals surface area (Å²) in [6, 6.07) is 5.85. The number of carbonyl (C=O) groups is 1. The van der Waals surface area contributed by atoms with Crippen LogP contribution in [0.3, 0.4) is 0 Å². The van der Waals surface area contributed by atoms with Crippen LogP contribution in [0.25, 0.3) is 5.82 Å². The molecule has 2 aromatic rings. The van der Waals surface area contributed by atoms with Crippen molar-refractivity contribution in [3.63, 3.8) is 0 Å². The Labute approximate surface area is 240 Å². The number of alkyl halides is 3. The second kappa shape index (κ2) is 13.7. The fourth-order valence-electron chi connectivity index (χ4n) is 4.67. The number of ether oxygens (including phenoxy) is 1. The monoisotopic (exact) mass is 594 g/mol. The zero-order chi connectivity index (χ0) is 31.0. The molecule has 0 bridgehead atoms. The highest BCUT2D eigenvalue weighted by atomic mass is 32.1. The number of nitrogens with one attached hydrogen (secondary N) is 1. The normalized spacial score (nSPS) is 18.7. The van der Waals surface area contributed by atoms with Crippen molar-refractivity contribution in [3.8, 4) is 23.7 Å². The summed E-state index contributed by atoms with van der Waals surface area (Å²) in [7, 11) is 1.35. The largest absolute Gasteiger partial charge is 0.493 e. The third-order valence-electron chi connectivity index (χ3n) is 7.37. The maximum atomic E-state index is 13.4. The summed E-state index contributed by atoms with van der Waals surface area (Å²) in [5, 5.41) is 22.6. The average Bonchev–Trinajstić information content (AvgIpc) is 3.31. The molecule has 0 spiro atoms. The summed E-state index contributed by atoms with van der Waals surface area (Å²) < 4.78 is 63.6. The SMILES string of the molecule is CCc1nc(C(=O)NCC2(C#N)CCC(C)CC2)c(C#N)n1-c1ncc(CC(C)(C)C(F)(F)F)cc1OC.O=S=O. The third kappa shape index (κ3) is 7.70. The number of nitrogens with zero attached hydrogens (tertiary/aromatic N) is 5. The smallest absolute Gasteiger partial charge is 0.394 e. The standard InChI is InChI=1S/C27H33F3N6O2.O2S/c1-6-21-35-22(24(37)34-16-26(15-32)9-7-17(2)8-10-26)19(13-31)36(21)23-20(38-5)11-18(14-33-23)12-25(3,4)27(28,29)30;1-3-2/h11,14,17H,6-10,12,16H2,1-5H3,(H,34,37);. The van der Waals surface area contributed by atoms with Crippen LogP contribution in [0.1, 0.15) is 80.9 Å². The van der Waals surface area contributed by atoms with Crippen molar-refractivity contribution in [1.82, 2.24) is 19.9 Å². The van der Waals surface area contributed by atoms with Gasteiger partial charge in [0.05, 0.1) is 24.0 Å². The van der Waals surface area contributed by atoms with Crippen LogP contribution in [0, 0.1) is 39.4 Å². The van der Waals surface area contributed by atoms with Crippen LogP contribution in [0.2, 0.25) is 0 Å². The summed E-state index contributed by atoms with van der Waals surface area (Å²) >= 11 is -0.750. The van der Waals surface area contributed by atoms with Gasteiger partial charge in [0.25, 0.3) is 5.91 Å². The highest BCUT2D eigenvalue weighted by molar-refractivity contribution is 7.51. The van der Waals surface area contributed by atoms with Crippen molar-refractivity contribution < 1.29 is 31.1 Å². The Morgan fingerprint density at radius 1 is 1.27 bits per heavy atom. The van der Waals surface area contributed by atoms with Gasteiger partial charge < -0.3 is 10.1 Å². The highest BCUT2D eigenvalue weighted by Gasteiger charge is 2.47. The first-order valence-electron chi connectivity index (χ1n) is 13.0. The first-order chi connectivity index (χ1) is 19.2. The van der Waals surface area contributed by atoms with Crippen LogP contribution >= 0.6 is 0 Å². The minimum absolute atomic E-state index is 0.0724. The lowest BCUT2D eigenvalue weighted by Gasteiger charge is -2.33. The minimum Gasteiger partial charge on any atom is -0.493 e. The van der Waals surface area contributed by atoms with Gasteiger partial charge in [-0.1, -0.05) is 27.7 Å². The van der Waals surface area contributed by atoms with E-state index in [1.807, 2.05) is 6.07 Å². The number of hydrogen-bond donors (Lipinski definition) is 1. The quantitative estimate of drug-likeness (QED) is 0.465. The van der Waals surface area contributed by atoms with Crippen LogP contribution in [-0.4, -0.2) is 48.7 Å². The fourth-order valence-corrected chi connectivity index (χ4v) is 4.67. The molecule has 1 amide bonds. The van der Waals surface area contributed by atoms with Gasteiger partial charge in [-0.15, -0.1) is 0 Å². The molecule has 0 unspecified atom stereocenters. The molecule has 0 saturated heterocycles. The Kier molecular flexibility index (Phi) is 11.2. The van der Waals surface area contributed by atoms with Crippen molar-refractivity contribution in [2.45, 2.75) is 72.4 Å². The first kappa shape index (κ1) is 33.4. The number of imidazole rings is 1. The number of halogens is 3. The van der Waals surface area contributed by atoms with Crippen molar-refractivity contribution >= 4 is 17.5 Å². The molecule has 1 aliphatic rings. The molecule has 0 aliphatic heterocycles. The molecule has 14 heteroatoms. The number of rotatable bonds is 8. The Hall–Kier alpha value is -3.78. The molecule has 0 aromatic carbocycles. The van der Waals surface area contributed by atoms with Gasteiger partial charge in [0, 0.05) is 19.2 Å². The Morgan fingerprint density at radius 2 is 1.88 bits per heavy atom. The van der Waals surface area contributed by atoms with Crippen LogP contribution in [0.4, 0.5) is 13.2 Å². The molecule has 2 aromatic heterocycles. The first-order valence-corrected chi connectivity index (χ1v) is 13.6. The topological polar surface area (TPSA) is 151 Å². The maximum absolute atomic E-state index is 13.4. The van der Waals surface area contributed by atoms with Gasteiger partial charge in [0.2, 0.25) is 0 Å². The zero-order valence-corrected chi connectivity index (χ0v) is 24.4. The number of hydrogen-bond acceptors (Lipinski definition) is 8. The van der Waals surface area contributed by atoms with E-state index in [-0.39, 0.29) is 35.9 Å². The summed E-state index contributed by atoms with van der Waals surface area (Å²) in [5.41, 5.74) is -2.50. The van der Waals surface area contributed by atoms with Gasteiger partial charge in [-0.2, -0.15) is 32.1 Å². The molecule has 1 fully saturated rings. The lowest BCUT2D eigenvalue weighted by Crippen LogP contribution is -2.39. The van der Waals surface area contributed by atoms with Crippen LogP contribution in [0.15, 0.2) is 12.3 Å². The number of methoxy groups -OCH3 is 1. The summed E-state index contributed by atoms with van der Waals surface area (Å²) in [6.07, 6.45) is 0.110. The molecule has 222 valence electrons. The van der Waals surface area contributed by atoms with Crippen LogP contribution < -0.4 is 10.1 Å². The third-order valence-corrected chi connectivity index (χ3v) is 7.37. The molecule has 3 rings (SSSR count). The lowest BCUT2D eigenvalue weighted by atomic mass is 9.72. The van der Waals surface area contributed by atoms with Gasteiger partial charge in [-0.25, -0.2) is 9.97 Å². The van der Waals surface area contributed by atoms with Gasteiger partial charge in [0.1, 0.15) is 11.9 Å². The lowest BCUT2D eigenvalue weighted by molar-refractivity contribution is -0.211. The van der Waals surface area contributed by atoms with Crippen LogP contribution in [-0.2, 0) is 24.4 Å². The summed E-state index contributed by atoms with van der Waals surface area (Å²) in [4.78, 5) is 21.9. The second-order valence-electron chi connectivity index (χ2n) is 10.8. The van der Waals surface area contributed by atoms with E-state index >= 15 is 0 Å². The van der Waals surface area contributed by atoms with Gasteiger partial charge in [-0.05, 0) is 49.7 Å². The van der Waals surface area contributed by atoms with E-state index in [0.29, 0.717) is 36.6 Å². The number of pyridine rings is 1. The number of aryl methyl sites for hydroxylation is 1. The van der Waals surface area contributed by atoms with Crippen LogP contribution in [0.5, 0.6) is 5.75 Å². The van der Waals surface area contributed by atoms with E-state index in [1.165, 1.54) is 23.9 Å². The highest BCUT2D eigenvalue weighted by Crippen LogP contribution is 2.41. The number of amides is 1. The average molecular weight is 595 g/mol. The Morgan fingerprint density at radius 3 is 2.37 bits per heavy atom. The predicted molar refractivity (Wildman–Crippen MR) is 142 cm³/mol. The maximum Gasteiger partial charge on any atom is 0.394 e. The Bertz CT molecular complexity index is 1360. The molecular formula is C27H33F3N6O4S. The fraction of sp³-hybridized carbons (Fsp3) is 0.593. The van der Waals surface area contributed by atoms with Gasteiger partial charge in [0.15, 0.2) is 23.0 Å². The molecule has 0 atom stereocenters. The van der Waals surface area contributed by atoms with Gasteiger partial charge in [-0.3, -0.25) is 9.36 Å². The van der Waals surface area contributed by atoms with E-state index in [0.717, 1.165) is 26.7 Å². The minimum atomic E-state index is -4.41. The zero-order valence-electron chi connectivity index (χ0n) is 23.6. The molecule has 1 N–H and O–H groups in total. The predicted octanol–water partition coefficient (Wildman–Crippen LogP) is 4.62. The molecule has 41 heavy (non-hydrogen) atoms. The molecule has 2 heterocycles. The van der Waals surface area contributed by atoms with Crippen molar-refractivity contribution in [2.24, 2.45) is 16.7 Å². The van der Waals surface area contributed by atoms with Crippen molar-refractivity contribution in [3.05, 3.63) is 35.0 Å². The number of carbonyl (C=O) groups excluding carboxylic acids is 1. The van der Waals surface area contributed by atoms with Crippen molar-refractivity contribution in [1.29, 1.82) is 10.5 Å². The van der Waals surface area contributed by atoms with E-state index in [2.05, 4.69) is 28.3 Å². The molecule has 1 saturated carbocycles. The van der Waals surface area contributed by atoms with Gasteiger partial charge >= 0.3 is 17.7 Å². The summed E-state index contributed by atoms with van der Waals surface area (Å²) in [5.74, 6) is 0.619. The Balaban J connectivity index is 0.00000187. The number of aromatic nitrogens is 3. The second-order valence-corrected chi connectivity index (χ2v) is 10.9. The molecule has 10 nitrogen and oxygen atoms in total. The molecule has 0 radical (unpaired) electrons. The number of nitriles is 2. The molecular weight excluding hydrogens is 561 g/mol. The van der Waals surface area contributed by atoms with E-state index in [4.69, 9.17) is 13.2 Å². The van der Waals surface area contributed by atoms with E-state index < -0.39 is 34.5 Å². The summed E-state index contributed by atoms with van der Waals surface area (Å²) in [6.45, 7) is 6.31.